The molecule has 1 saturated heterocycles. The van der Waals surface area contributed by atoms with E-state index in [2.05, 4.69) is 5.32 Å². The molecule has 236 valence electrons. The third kappa shape index (κ3) is 9.26. The predicted octanol–water partition coefficient (Wildman–Crippen LogP) is 4.05. The van der Waals surface area contributed by atoms with Crippen LogP contribution in [-0.2, 0) is 35.6 Å². The second-order valence-electron chi connectivity index (χ2n) is 10.1. The fraction of sp³-hybridized carbons (Fsp3) is 0.375. The zero-order valence-corrected chi connectivity index (χ0v) is 26.3. The van der Waals surface area contributed by atoms with Crippen LogP contribution >= 0.6 is 11.6 Å². The van der Waals surface area contributed by atoms with Crippen molar-refractivity contribution in [2.24, 2.45) is 0 Å². The number of benzene rings is 3. The standard InChI is InChI=1S/C32H38ClN3O7S/c1-2-41-20-6-17-34-32(38)31(26-7-4-3-5-8-26)36(23-25-9-11-27(33)12-10-25)30(37)24-43-28-13-15-29(16-14-28)44(39,40)35-18-21-42-22-19-35/h3-5,7-16,31H,2,6,17-24H2,1H3,(H,34,38). The summed E-state index contributed by atoms with van der Waals surface area (Å²) in [6, 6.07) is 21.2. The van der Waals surface area contributed by atoms with E-state index in [9.17, 15) is 18.0 Å². The molecule has 0 radical (unpaired) electrons. The summed E-state index contributed by atoms with van der Waals surface area (Å²) in [5, 5.41) is 3.50. The lowest BCUT2D eigenvalue weighted by molar-refractivity contribution is -0.143. The first-order valence-corrected chi connectivity index (χ1v) is 16.4. The Kier molecular flexibility index (Phi) is 12.6. The number of rotatable bonds is 15. The Morgan fingerprint density at radius 1 is 1.00 bits per heavy atom. The minimum absolute atomic E-state index is 0.127. The molecular weight excluding hydrogens is 606 g/mol. The molecule has 1 N–H and O–H groups in total. The molecule has 3 aromatic rings. The first kappa shape index (κ1) is 33.4. The van der Waals surface area contributed by atoms with Crippen molar-refractivity contribution in [3.8, 4) is 5.75 Å². The molecule has 4 rings (SSSR count). The SMILES string of the molecule is CCOCCCNC(=O)C(c1ccccc1)N(Cc1ccc(Cl)cc1)C(=O)COc1ccc(S(=O)(=O)N2CCOCC2)cc1. The number of hydrogen-bond donors (Lipinski definition) is 1. The normalized spacial score (nSPS) is 14.5. The second-order valence-corrected chi connectivity index (χ2v) is 12.5. The molecule has 0 bridgehead atoms. The van der Waals surface area contributed by atoms with Crippen LogP contribution in [0.5, 0.6) is 5.75 Å². The Morgan fingerprint density at radius 2 is 1.68 bits per heavy atom. The number of carbonyl (C=O) groups excluding carboxylic acids is 2. The average molecular weight is 644 g/mol. The summed E-state index contributed by atoms with van der Waals surface area (Å²) < 4.78 is 43.8. The molecule has 1 unspecified atom stereocenters. The van der Waals surface area contributed by atoms with E-state index in [1.54, 1.807) is 36.4 Å². The molecule has 0 aromatic heterocycles. The van der Waals surface area contributed by atoms with E-state index in [-0.39, 0.29) is 24.0 Å². The van der Waals surface area contributed by atoms with E-state index in [1.165, 1.54) is 33.5 Å². The summed E-state index contributed by atoms with van der Waals surface area (Å²) in [6.07, 6.45) is 0.632. The summed E-state index contributed by atoms with van der Waals surface area (Å²) in [6.45, 7) is 4.45. The fourth-order valence-electron chi connectivity index (χ4n) is 4.72. The quantitative estimate of drug-likeness (QED) is 0.249. The van der Waals surface area contributed by atoms with E-state index in [0.29, 0.717) is 68.8 Å². The van der Waals surface area contributed by atoms with Gasteiger partial charge in [-0.3, -0.25) is 9.59 Å². The summed E-state index contributed by atoms with van der Waals surface area (Å²) in [5.41, 5.74) is 1.43. The van der Waals surface area contributed by atoms with Gasteiger partial charge in [0.05, 0.1) is 18.1 Å². The Balaban J connectivity index is 1.53. The van der Waals surface area contributed by atoms with Crippen molar-refractivity contribution in [2.45, 2.75) is 30.8 Å². The molecular formula is C32H38ClN3O7S. The molecule has 3 aromatic carbocycles. The van der Waals surface area contributed by atoms with Gasteiger partial charge < -0.3 is 24.4 Å². The molecule has 12 heteroatoms. The molecule has 10 nitrogen and oxygen atoms in total. The highest BCUT2D eigenvalue weighted by Gasteiger charge is 2.32. The minimum Gasteiger partial charge on any atom is -0.484 e. The molecule has 0 saturated carbocycles. The van der Waals surface area contributed by atoms with Crippen molar-refractivity contribution >= 4 is 33.4 Å². The third-order valence-electron chi connectivity index (χ3n) is 7.02. The lowest BCUT2D eigenvalue weighted by Crippen LogP contribution is -2.45. The molecule has 0 spiro atoms. The topological polar surface area (TPSA) is 114 Å². The van der Waals surface area contributed by atoms with Crippen LogP contribution in [0.1, 0.15) is 30.5 Å². The summed E-state index contributed by atoms with van der Waals surface area (Å²) in [4.78, 5) is 29.1. The highest BCUT2D eigenvalue weighted by atomic mass is 35.5. The Bertz CT molecular complexity index is 1450. The van der Waals surface area contributed by atoms with E-state index in [4.69, 9.17) is 25.8 Å². The average Bonchev–Trinajstić information content (AvgIpc) is 3.05. The van der Waals surface area contributed by atoms with Gasteiger partial charge in [0.25, 0.3) is 5.91 Å². The van der Waals surface area contributed by atoms with Crippen molar-refractivity contribution in [1.29, 1.82) is 0 Å². The zero-order chi connectivity index (χ0) is 31.4. The largest absolute Gasteiger partial charge is 0.484 e. The first-order chi connectivity index (χ1) is 21.3. The lowest BCUT2D eigenvalue weighted by atomic mass is 10.0. The summed E-state index contributed by atoms with van der Waals surface area (Å²) in [7, 11) is -3.66. The minimum atomic E-state index is -3.66. The van der Waals surface area contributed by atoms with Gasteiger partial charge in [-0.25, -0.2) is 8.42 Å². The summed E-state index contributed by atoms with van der Waals surface area (Å²) in [5.74, 6) is -0.432. The zero-order valence-electron chi connectivity index (χ0n) is 24.7. The van der Waals surface area contributed by atoms with Crippen molar-refractivity contribution in [1.82, 2.24) is 14.5 Å². The fourth-order valence-corrected chi connectivity index (χ4v) is 6.25. The van der Waals surface area contributed by atoms with Gasteiger partial charge in [-0.2, -0.15) is 4.31 Å². The maximum absolute atomic E-state index is 13.8. The monoisotopic (exact) mass is 643 g/mol. The van der Waals surface area contributed by atoms with Crippen molar-refractivity contribution in [3.05, 3.63) is 95.0 Å². The van der Waals surface area contributed by atoms with Gasteiger partial charge in [-0.1, -0.05) is 54.1 Å². The van der Waals surface area contributed by atoms with Crippen LogP contribution in [0.15, 0.2) is 83.8 Å². The number of hydrogen-bond acceptors (Lipinski definition) is 7. The lowest BCUT2D eigenvalue weighted by Gasteiger charge is -2.31. The highest BCUT2D eigenvalue weighted by Crippen LogP contribution is 2.26. The van der Waals surface area contributed by atoms with Crippen LogP contribution in [0.3, 0.4) is 0 Å². The maximum Gasteiger partial charge on any atom is 0.261 e. The van der Waals surface area contributed by atoms with Crippen LogP contribution in [0.25, 0.3) is 0 Å². The Labute approximate surface area is 263 Å². The van der Waals surface area contributed by atoms with Crippen LogP contribution < -0.4 is 10.1 Å². The third-order valence-corrected chi connectivity index (χ3v) is 9.19. The molecule has 1 aliphatic rings. The van der Waals surface area contributed by atoms with Gasteiger partial charge >= 0.3 is 0 Å². The highest BCUT2D eigenvalue weighted by molar-refractivity contribution is 7.89. The number of nitrogens with one attached hydrogen (secondary N) is 1. The van der Waals surface area contributed by atoms with E-state index in [0.717, 1.165) is 5.56 Å². The van der Waals surface area contributed by atoms with E-state index in [1.807, 2.05) is 25.1 Å². The van der Waals surface area contributed by atoms with Crippen LogP contribution in [0, 0.1) is 0 Å². The number of morpholine rings is 1. The van der Waals surface area contributed by atoms with Crippen molar-refractivity contribution < 1.29 is 32.2 Å². The summed E-state index contributed by atoms with van der Waals surface area (Å²) >= 11 is 6.09. The van der Waals surface area contributed by atoms with Crippen LogP contribution in [-0.4, -0.2) is 82.1 Å². The molecule has 0 aliphatic carbocycles. The van der Waals surface area contributed by atoms with Crippen LogP contribution in [0.2, 0.25) is 5.02 Å². The van der Waals surface area contributed by atoms with Crippen molar-refractivity contribution in [3.63, 3.8) is 0 Å². The molecule has 1 heterocycles. The number of nitrogens with zero attached hydrogens (tertiary/aromatic N) is 2. The number of halogens is 1. The molecule has 1 atom stereocenters. The van der Waals surface area contributed by atoms with Gasteiger partial charge in [-0.05, 0) is 60.9 Å². The molecule has 44 heavy (non-hydrogen) atoms. The molecule has 1 aliphatic heterocycles. The Hall–Kier alpha value is -3.48. The Morgan fingerprint density at radius 3 is 2.34 bits per heavy atom. The maximum atomic E-state index is 13.8. The van der Waals surface area contributed by atoms with E-state index >= 15 is 0 Å². The number of amides is 2. The van der Waals surface area contributed by atoms with Gasteiger partial charge in [0.15, 0.2) is 6.61 Å². The number of carbonyl (C=O) groups is 2. The van der Waals surface area contributed by atoms with Gasteiger partial charge in [0.1, 0.15) is 11.8 Å². The van der Waals surface area contributed by atoms with Gasteiger partial charge in [-0.15, -0.1) is 0 Å². The van der Waals surface area contributed by atoms with Crippen LogP contribution in [0.4, 0.5) is 0 Å². The smallest absolute Gasteiger partial charge is 0.261 e. The number of ether oxygens (including phenoxy) is 3. The molecule has 1 fully saturated rings. The van der Waals surface area contributed by atoms with Gasteiger partial charge in [0, 0.05) is 44.4 Å². The second kappa shape index (κ2) is 16.6. The first-order valence-electron chi connectivity index (χ1n) is 14.5. The van der Waals surface area contributed by atoms with E-state index < -0.39 is 22.0 Å². The molecule has 2 amide bonds. The van der Waals surface area contributed by atoms with Crippen molar-refractivity contribution in [2.75, 3.05) is 52.7 Å². The van der Waals surface area contributed by atoms with Gasteiger partial charge in [0.2, 0.25) is 15.9 Å². The predicted molar refractivity (Wildman–Crippen MR) is 167 cm³/mol. The number of sulfonamides is 1.